The van der Waals surface area contributed by atoms with E-state index in [1.807, 2.05) is 0 Å². The quantitative estimate of drug-likeness (QED) is 0.239. The first-order valence-corrected chi connectivity index (χ1v) is 8.61. The second-order valence-electron chi connectivity index (χ2n) is 7.31. The highest BCUT2D eigenvalue weighted by atomic mass is 32.2. The van der Waals surface area contributed by atoms with E-state index in [2.05, 4.69) is 14.1 Å². The molecule has 0 aromatic carbocycles. The molecule has 4 aliphatic carbocycles. The molecule has 0 aromatic heterocycles. The Kier molecular flexibility index (Phi) is 4.97. The van der Waals surface area contributed by atoms with Crippen LogP contribution in [0.4, 0.5) is 22.0 Å². The lowest BCUT2D eigenvalue weighted by Gasteiger charge is -2.55. The van der Waals surface area contributed by atoms with E-state index in [-0.39, 0.29) is 17.8 Å². The van der Waals surface area contributed by atoms with Crippen LogP contribution in [0.1, 0.15) is 38.5 Å². The van der Waals surface area contributed by atoms with Crippen LogP contribution in [0.25, 0.3) is 0 Å². The third-order valence-corrected chi connectivity index (χ3v) is 6.04. The number of hydrogen-bond acceptors (Lipinski definition) is 6. The van der Waals surface area contributed by atoms with Crippen molar-refractivity contribution >= 4 is 18.0 Å². The van der Waals surface area contributed by atoms with Crippen LogP contribution in [0.2, 0.25) is 0 Å². The number of alkyl halides is 5. The van der Waals surface area contributed by atoms with Gasteiger partial charge in [-0.3, -0.25) is 4.79 Å². The van der Waals surface area contributed by atoms with Crippen molar-refractivity contribution in [3.63, 3.8) is 0 Å². The summed E-state index contributed by atoms with van der Waals surface area (Å²) >= 11 is -1.07. The van der Waals surface area contributed by atoms with E-state index in [0.29, 0.717) is 19.3 Å². The van der Waals surface area contributed by atoms with Crippen molar-refractivity contribution in [2.24, 2.45) is 23.2 Å². The summed E-state index contributed by atoms with van der Waals surface area (Å²) in [6.07, 6.45) is -5.24. The van der Waals surface area contributed by atoms with Gasteiger partial charge in [-0.2, -0.15) is 22.0 Å². The van der Waals surface area contributed by atoms with E-state index in [0.717, 1.165) is 19.3 Å². The number of esters is 1. The molecule has 25 heavy (non-hydrogen) atoms. The Bertz CT molecular complexity index is 491. The molecule has 144 valence electrons. The van der Waals surface area contributed by atoms with Crippen LogP contribution in [-0.2, 0) is 18.9 Å². The minimum atomic E-state index is -5.51. The summed E-state index contributed by atoms with van der Waals surface area (Å²) in [5.41, 5.74) is -1.10. The summed E-state index contributed by atoms with van der Waals surface area (Å²) in [5, 5.41) is 6.12. The molecule has 0 heterocycles. The number of rotatable bonds is 6. The Morgan fingerprint density at radius 2 is 1.52 bits per heavy atom. The van der Waals surface area contributed by atoms with Crippen LogP contribution in [-0.4, -0.2) is 28.8 Å². The molecule has 0 spiro atoms. The monoisotopic (exact) mass is 392 g/mol. The predicted molar refractivity (Wildman–Crippen MR) is 73.9 cm³/mol. The summed E-state index contributed by atoms with van der Waals surface area (Å²) in [7, 11) is 0. The summed E-state index contributed by atoms with van der Waals surface area (Å²) in [4.78, 5) is 12.5. The van der Waals surface area contributed by atoms with Gasteiger partial charge in [-0.15, -0.1) is 4.33 Å². The molecule has 4 saturated carbocycles. The SMILES string of the molecule is O=C(OC(C(F)(F)F)C(F)(F)SOOO)C12CC3CC(CC(C3)C1)C2. The second kappa shape index (κ2) is 6.50. The normalized spacial score (nSPS) is 35.7. The molecule has 0 aliphatic heterocycles. The fourth-order valence-corrected chi connectivity index (χ4v) is 5.41. The minimum Gasteiger partial charge on any atom is -0.445 e. The molecule has 0 amide bonds. The van der Waals surface area contributed by atoms with Crippen molar-refractivity contribution in [2.75, 3.05) is 0 Å². The lowest BCUT2D eigenvalue weighted by atomic mass is 9.49. The van der Waals surface area contributed by atoms with Crippen molar-refractivity contribution in [2.45, 2.75) is 56.1 Å². The van der Waals surface area contributed by atoms with Gasteiger partial charge in [-0.25, -0.2) is 5.26 Å². The maximum Gasteiger partial charge on any atom is 0.432 e. The number of ether oxygens (including phenoxy) is 1. The zero-order valence-electron chi connectivity index (χ0n) is 12.9. The third-order valence-electron chi connectivity index (χ3n) is 5.47. The molecule has 0 radical (unpaired) electrons. The lowest BCUT2D eigenvalue weighted by Crippen LogP contribution is -2.54. The van der Waals surface area contributed by atoms with Crippen LogP contribution in [0, 0.1) is 23.2 Å². The molecule has 4 bridgehead atoms. The Hall–Kier alpha value is -0.650. The van der Waals surface area contributed by atoms with Gasteiger partial charge in [0.2, 0.25) is 0 Å². The van der Waals surface area contributed by atoms with Gasteiger partial charge in [0.1, 0.15) is 12.0 Å². The molecule has 11 heteroatoms. The van der Waals surface area contributed by atoms with Gasteiger partial charge < -0.3 is 4.74 Å². The summed E-state index contributed by atoms with van der Waals surface area (Å²) in [5.74, 6) is -0.503. The zero-order valence-corrected chi connectivity index (χ0v) is 13.7. The highest BCUT2D eigenvalue weighted by molar-refractivity contribution is 7.95. The Balaban J connectivity index is 1.77. The Morgan fingerprint density at radius 3 is 1.92 bits per heavy atom. The number of carbonyl (C=O) groups excluding carboxylic acids is 1. The van der Waals surface area contributed by atoms with Crippen molar-refractivity contribution in [1.29, 1.82) is 0 Å². The van der Waals surface area contributed by atoms with Crippen LogP contribution in [0.15, 0.2) is 0 Å². The molecule has 0 aromatic rings. The van der Waals surface area contributed by atoms with Crippen molar-refractivity contribution in [3.8, 4) is 0 Å². The second-order valence-corrected chi connectivity index (χ2v) is 8.16. The summed E-state index contributed by atoms with van der Waals surface area (Å²) in [6, 6.07) is 0. The molecule has 4 aliphatic rings. The highest BCUT2D eigenvalue weighted by Gasteiger charge is 2.63. The zero-order chi connectivity index (χ0) is 18.5. The van der Waals surface area contributed by atoms with Crippen LogP contribution >= 0.6 is 12.0 Å². The van der Waals surface area contributed by atoms with Gasteiger partial charge >= 0.3 is 17.4 Å². The topological polar surface area (TPSA) is 65.0 Å². The van der Waals surface area contributed by atoms with Gasteiger partial charge in [0, 0.05) is 0 Å². The number of halogens is 5. The van der Waals surface area contributed by atoms with Crippen molar-refractivity contribution in [1.82, 2.24) is 0 Å². The Morgan fingerprint density at radius 1 is 1.04 bits per heavy atom. The molecule has 5 nitrogen and oxygen atoms in total. The molecule has 1 atom stereocenters. The first-order chi connectivity index (χ1) is 11.6. The first-order valence-electron chi connectivity index (χ1n) is 7.87. The smallest absolute Gasteiger partial charge is 0.432 e. The fourth-order valence-electron chi connectivity index (χ4n) is 5.02. The van der Waals surface area contributed by atoms with Gasteiger partial charge in [-0.05, 0) is 56.3 Å². The van der Waals surface area contributed by atoms with Gasteiger partial charge in [-0.1, -0.05) is 5.04 Å². The average Bonchev–Trinajstić information content (AvgIpc) is 2.47. The van der Waals surface area contributed by atoms with Crippen LogP contribution in [0.5, 0.6) is 0 Å². The first kappa shape index (κ1) is 19.1. The summed E-state index contributed by atoms with van der Waals surface area (Å²) < 4.78 is 74.4. The van der Waals surface area contributed by atoms with Gasteiger partial charge in [0.15, 0.2) is 0 Å². The molecule has 4 rings (SSSR count). The van der Waals surface area contributed by atoms with E-state index in [1.54, 1.807) is 0 Å². The standard InChI is InChI=1S/C14H17F5O5S/c15-13(16,17)10(14(18,19)25-24-23-21)22-11(20)12-4-7-1-8(5-12)3-9(2-7)6-12/h7-10,21H,1-6H2. The molecule has 0 saturated heterocycles. The maximum atomic E-state index is 13.8. The van der Waals surface area contributed by atoms with Crippen LogP contribution < -0.4 is 0 Å². The highest BCUT2D eigenvalue weighted by Crippen LogP contribution is 2.60. The Labute approximate surface area is 144 Å². The van der Waals surface area contributed by atoms with E-state index in [9.17, 15) is 26.7 Å². The van der Waals surface area contributed by atoms with Crippen molar-refractivity contribution < 1.29 is 46.1 Å². The molecule has 4 fully saturated rings. The van der Waals surface area contributed by atoms with Gasteiger partial charge in [0.25, 0.3) is 6.10 Å². The van der Waals surface area contributed by atoms with Crippen LogP contribution in [0.3, 0.4) is 0 Å². The van der Waals surface area contributed by atoms with E-state index < -0.39 is 41.0 Å². The maximum absolute atomic E-state index is 13.8. The molecule has 1 unspecified atom stereocenters. The molecular formula is C14H17F5O5S. The lowest BCUT2D eigenvalue weighted by molar-refractivity contribution is -0.434. The minimum absolute atomic E-state index is 0.240. The largest absolute Gasteiger partial charge is 0.445 e. The molecule has 1 N–H and O–H groups in total. The average molecular weight is 392 g/mol. The number of carbonyl (C=O) groups is 1. The fraction of sp³-hybridized carbons (Fsp3) is 0.929. The molecular weight excluding hydrogens is 375 g/mol. The van der Waals surface area contributed by atoms with E-state index in [4.69, 9.17) is 5.26 Å². The van der Waals surface area contributed by atoms with E-state index >= 15 is 0 Å². The predicted octanol–water partition coefficient (Wildman–Crippen LogP) is 4.34. The third kappa shape index (κ3) is 3.74. The summed E-state index contributed by atoms with van der Waals surface area (Å²) in [6.45, 7) is 0. The van der Waals surface area contributed by atoms with E-state index in [1.165, 1.54) is 0 Å². The van der Waals surface area contributed by atoms with Gasteiger partial charge in [0.05, 0.1) is 5.41 Å². The number of hydrogen-bond donors (Lipinski definition) is 1. The van der Waals surface area contributed by atoms with Crippen molar-refractivity contribution in [3.05, 3.63) is 0 Å².